The minimum absolute atomic E-state index is 0.0138. The van der Waals surface area contributed by atoms with Gasteiger partial charge in [-0.2, -0.15) is 13.5 Å². The molecule has 1 saturated heterocycles. The third-order valence-electron chi connectivity index (χ3n) is 14.6. The van der Waals surface area contributed by atoms with E-state index in [0.717, 1.165) is 17.0 Å². The lowest BCUT2D eigenvalue weighted by atomic mass is 9.89. The van der Waals surface area contributed by atoms with Crippen molar-refractivity contribution in [1.82, 2.24) is 36.1 Å². The normalized spacial score (nSPS) is 17.8. The standard InChI is InChI=1S/C56H81N9O13S/c1-13-35(6)51(63(10)56(73)49(34(4)5)60-55(72)48(57-9)33(2)3)42(77-11)32-47(69)64-30-20-23-41(64)52(78-12)36(7)53(70)58-37(8)50(38-21-16-14-17-22-38)61-62-54(71)40-26-25-39(31-43(40)79(74,75)76)59-44(66)24-18-15-19-29-65-45(67)27-28-46(65)68/h14,16-17,21-22,25-28,31,34-37,41-42,48-49,51-52,57H,2,13,15,18-20,23-24,29-30,32H2,1,3-12H3,(H,58,70)(H,59,66)(H,60,72)(H,62,71)(H,74,75,76)/t35-,36+,37+,41-,42+,48-,49-,51-,52+/m0/s1. The second-order valence-corrected chi connectivity index (χ2v) is 22.0. The van der Waals surface area contributed by atoms with Gasteiger partial charge in [-0.25, -0.2) is 5.43 Å². The molecule has 0 radical (unpaired) electrons. The summed E-state index contributed by atoms with van der Waals surface area (Å²) in [7, 11) is 1.24. The average Bonchev–Trinajstić information content (AvgIpc) is 4.03. The SMILES string of the molecule is C=C(C)[C@H](NC)C(=O)N[C@H](C(=O)N(C)[C@@H]([C@@H](C)CC)[C@@H](CC(=O)N1CCC[C@H]1[C@H](OC)[C@@H](C)C(=O)N[C@H](C)C(=NNC(=O)c1ccc(NC(=O)CCCCCN2C(=O)C=CC2=O)cc1S(=O)(=O)O)c1ccccc1)OC)C(C)C. The van der Waals surface area contributed by atoms with Crippen molar-refractivity contribution in [2.75, 3.05) is 46.7 Å². The number of methoxy groups -OCH3 is 2. The van der Waals surface area contributed by atoms with E-state index in [1.54, 1.807) is 75.0 Å². The fourth-order valence-corrected chi connectivity index (χ4v) is 10.8. The summed E-state index contributed by atoms with van der Waals surface area (Å²) in [6, 6.07) is 8.40. The molecule has 2 heterocycles. The van der Waals surface area contributed by atoms with E-state index in [1.165, 1.54) is 32.4 Å². The maximum atomic E-state index is 14.5. The van der Waals surface area contributed by atoms with Gasteiger partial charge >= 0.3 is 0 Å². The number of ether oxygens (including phenoxy) is 2. The van der Waals surface area contributed by atoms with Gasteiger partial charge in [-0.1, -0.05) is 89.9 Å². The van der Waals surface area contributed by atoms with Gasteiger partial charge in [0.1, 0.15) is 17.0 Å². The van der Waals surface area contributed by atoms with Crippen molar-refractivity contribution in [3.8, 4) is 0 Å². The molecule has 0 aromatic heterocycles. The summed E-state index contributed by atoms with van der Waals surface area (Å²) < 4.78 is 47.5. The van der Waals surface area contributed by atoms with Crippen molar-refractivity contribution < 1.29 is 60.8 Å². The summed E-state index contributed by atoms with van der Waals surface area (Å²) in [4.78, 5) is 110. The molecule has 0 bridgehead atoms. The molecule has 0 spiro atoms. The molecular weight excluding hydrogens is 1040 g/mol. The van der Waals surface area contributed by atoms with Crippen LogP contribution in [0, 0.1) is 17.8 Å². The summed E-state index contributed by atoms with van der Waals surface area (Å²) in [5, 5.41) is 15.7. The van der Waals surface area contributed by atoms with Crippen molar-refractivity contribution in [2.45, 2.75) is 147 Å². The Labute approximate surface area is 464 Å². The number of carbonyl (C=O) groups is 8. The number of likely N-dealkylation sites (tertiary alicyclic amines) is 1. The molecule has 0 unspecified atom stereocenters. The largest absolute Gasteiger partial charge is 0.379 e. The van der Waals surface area contributed by atoms with Crippen molar-refractivity contribution in [3.63, 3.8) is 0 Å². The van der Waals surface area contributed by atoms with E-state index in [2.05, 4.69) is 38.4 Å². The number of likely N-dealkylation sites (N-methyl/N-ethyl adjacent to an activating group) is 2. The van der Waals surface area contributed by atoms with E-state index in [1.807, 2.05) is 27.7 Å². The van der Waals surface area contributed by atoms with Crippen molar-refractivity contribution in [2.24, 2.45) is 22.9 Å². The lowest BCUT2D eigenvalue weighted by Gasteiger charge is -2.41. The Morgan fingerprint density at radius 2 is 1.57 bits per heavy atom. The first kappa shape index (κ1) is 64.9. The van der Waals surface area contributed by atoms with Crippen LogP contribution in [0.1, 0.15) is 116 Å². The number of anilines is 1. The van der Waals surface area contributed by atoms with E-state index in [9.17, 15) is 51.3 Å². The van der Waals surface area contributed by atoms with E-state index in [-0.39, 0.29) is 60.3 Å². The molecule has 6 N–H and O–H groups in total. The zero-order valence-corrected chi connectivity index (χ0v) is 48.2. The topological polar surface area (TPSA) is 292 Å². The molecule has 2 aromatic rings. The predicted molar refractivity (Wildman–Crippen MR) is 298 cm³/mol. The van der Waals surface area contributed by atoms with Gasteiger partial charge in [-0.05, 0) is 82.2 Å². The molecule has 22 nitrogen and oxygen atoms in total. The molecule has 1 fully saturated rings. The zero-order valence-electron chi connectivity index (χ0n) is 47.4. The maximum absolute atomic E-state index is 14.5. The van der Waals surface area contributed by atoms with Gasteiger partial charge < -0.3 is 40.5 Å². The first-order valence-electron chi connectivity index (χ1n) is 26.7. The number of amides is 8. The molecule has 2 aliphatic rings. The molecule has 9 atom stereocenters. The Morgan fingerprint density at radius 3 is 2.14 bits per heavy atom. The fourth-order valence-electron chi connectivity index (χ4n) is 10.1. The third-order valence-corrected chi connectivity index (χ3v) is 15.5. The Kier molecular flexibility index (Phi) is 24.7. The number of hydrazone groups is 1. The molecule has 8 amide bonds. The lowest BCUT2D eigenvalue weighted by molar-refractivity contribution is -0.147. The number of unbranched alkanes of at least 4 members (excludes halogenated alkanes) is 2. The van der Waals surface area contributed by atoms with Gasteiger partial charge in [-0.15, -0.1) is 0 Å². The molecule has 23 heteroatoms. The highest BCUT2D eigenvalue weighted by atomic mass is 32.2. The van der Waals surface area contributed by atoms with E-state index in [0.29, 0.717) is 56.2 Å². The van der Waals surface area contributed by atoms with Crippen LogP contribution in [0.5, 0.6) is 0 Å². The number of nitrogens with one attached hydrogen (secondary N) is 5. The van der Waals surface area contributed by atoms with Gasteiger partial charge in [0.2, 0.25) is 29.5 Å². The maximum Gasteiger partial charge on any atom is 0.295 e. The zero-order chi connectivity index (χ0) is 58.9. The summed E-state index contributed by atoms with van der Waals surface area (Å²) >= 11 is 0. The van der Waals surface area contributed by atoms with E-state index < -0.39 is 98.4 Å². The summed E-state index contributed by atoms with van der Waals surface area (Å²) in [6.07, 6.45) is 4.02. The van der Waals surface area contributed by atoms with Crippen molar-refractivity contribution in [3.05, 3.63) is 84.0 Å². The number of hydrogen-bond acceptors (Lipinski definition) is 14. The third kappa shape index (κ3) is 17.4. The minimum atomic E-state index is -5.03. The summed E-state index contributed by atoms with van der Waals surface area (Å²) in [6.45, 7) is 17.2. The Balaban J connectivity index is 1.47. The minimum Gasteiger partial charge on any atom is -0.379 e. The first-order chi connectivity index (χ1) is 37.3. The quantitative estimate of drug-likeness (QED) is 0.0160. The van der Waals surface area contributed by atoms with Crippen LogP contribution in [0.25, 0.3) is 0 Å². The monoisotopic (exact) mass is 1120 g/mol. The Morgan fingerprint density at radius 1 is 0.911 bits per heavy atom. The molecular formula is C56H81N9O13S. The predicted octanol–water partition coefficient (Wildman–Crippen LogP) is 4.22. The van der Waals surface area contributed by atoms with Crippen LogP contribution in [0.15, 0.2) is 82.8 Å². The van der Waals surface area contributed by atoms with E-state index in [4.69, 9.17) is 9.47 Å². The number of imide groups is 1. The molecule has 4 rings (SSSR count). The van der Waals surface area contributed by atoms with Crippen LogP contribution in [-0.2, 0) is 53.2 Å². The molecule has 2 aliphatic heterocycles. The van der Waals surface area contributed by atoms with Gasteiger partial charge in [0.05, 0.1) is 53.9 Å². The van der Waals surface area contributed by atoms with Crippen LogP contribution >= 0.6 is 0 Å². The van der Waals surface area contributed by atoms with Gasteiger partial charge in [0, 0.05) is 58.6 Å². The number of hydrogen-bond donors (Lipinski definition) is 6. The number of benzene rings is 2. The molecule has 79 heavy (non-hydrogen) atoms. The average molecular weight is 1120 g/mol. The number of nitrogens with zero attached hydrogens (tertiary/aromatic N) is 4. The lowest BCUT2D eigenvalue weighted by Crippen LogP contribution is -2.59. The second kappa shape index (κ2) is 30.1. The van der Waals surface area contributed by atoms with E-state index >= 15 is 0 Å². The summed E-state index contributed by atoms with van der Waals surface area (Å²) in [5.41, 5.74) is 3.12. The Hall–Kier alpha value is -6.66. The fraction of sp³-hybridized carbons (Fsp3) is 0.554. The van der Waals surface area contributed by atoms with Crippen LogP contribution in [0.4, 0.5) is 5.69 Å². The van der Waals surface area contributed by atoms with Gasteiger partial charge in [-0.3, -0.25) is 47.8 Å². The number of rotatable bonds is 30. The highest BCUT2D eigenvalue weighted by Crippen LogP contribution is 2.30. The van der Waals surface area contributed by atoms with Gasteiger partial charge in [0.15, 0.2) is 0 Å². The smallest absolute Gasteiger partial charge is 0.295 e. The van der Waals surface area contributed by atoms with Crippen LogP contribution < -0.4 is 26.7 Å². The highest BCUT2D eigenvalue weighted by Gasteiger charge is 2.43. The van der Waals surface area contributed by atoms with Crippen LogP contribution in [0.2, 0.25) is 0 Å². The van der Waals surface area contributed by atoms with Crippen LogP contribution in [0.3, 0.4) is 0 Å². The number of carbonyl (C=O) groups excluding carboxylic acids is 8. The van der Waals surface area contributed by atoms with Crippen LogP contribution in [-0.4, -0.2) is 164 Å². The van der Waals surface area contributed by atoms with Gasteiger partial charge in [0.25, 0.3) is 27.8 Å². The molecule has 0 aliphatic carbocycles. The Bertz CT molecular complexity index is 2680. The second-order valence-electron chi connectivity index (χ2n) is 20.6. The van der Waals surface area contributed by atoms with Crippen molar-refractivity contribution >= 4 is 68.8 Å². The highest BCUT2D eigenvalue weighted by molar-refractivity contribution is 7.86. The summed E-state index contributed by atoms with van der Waals surface area (Å²) in [5.74, 6) is -4.95. The molecule has 0 saturated carbocycles. The molecule has 434 valence electrons. The first-order valence-corrected chi connectivity index (χ1v) is 28.2. The molecule has 2 aromatic carbocycles. The van der Waals surface area contributed by atoms with Crippen molar-refractivity contribution in [1.29, 1.82) is 0 Å².